The zero-order chi connectivity index (χ0) is 21.1. The van der Waals surface area contributed by atoms with Gasteiger partial charge in [0.1, 0.15) is 5.78 Å². The maximum atomic E-state index is 13.1. The molecule has 2 aromatic carbocycles. The van der Waals surface area contributed by atoms with Crippen molar-refractivity contribution in [2.75, 3.05) is 29.4 Å². The largest absolute Gasteiger partial charge is 0.371 e. The Hall–Kier alpha value is -2.62. The molecule has 0 N–H and O–H groups in total. The molecule has 0 aliphatic carbocycles. The number of piperidine rings is 1. The zero-order valence-corrected chi connectivity index (χ0v) is 18.1. The minimum absolute atomic E-state index is 0.0951. The summed E-state index contributed by atoms with van der Waals surface area (Å²) < 4.78 is 0. The minimum Gasteiger partial charge on any atom is -0.371 e. The molecule has 0 aromatic heterocycles. The number of hydrogen-bond acceptors (Lipinski definition) is 3. The van der Waals surface area contributed by atoms with Gasteiger partial charge in [0.2, 0.25) is 5.91 Å². The molecule has 1 amide bonds. The van der Waals surface area contributed by atoms with E-state index in [4.69, 9.17) is 0 Å². The standard InChI is InChI=1S/C26H32N2O2/c1-26(2)14-16-27(19-26)22-10-12-23(13-11-22)28-15-6-9-21(25(28)30)18-24(29)17-20-7-4-3-5-8-20/h3-5,7-8,10-13,21H,6,9,14-19H2,1-2H3/t21-/m0/s1. The average molecular weight is 405 g/mol. The second-order valence-corrected chi connectivity index (χ2v) is 9.59. The summed E-state index contributed by atoms with van der Waals surface area (Å²) in [6, 6.07) is 18.2. The first-order valence-electron chi connectivity index (χ1n) is 11.1. The van der Waals surface area contributed by atoms with E-state index in [9.17, 15) is 9.59 Å². The minimum atomic E-state index is -0.200. The summed E-state index contributed by atoms with van der Waals surface area (Å²) in [6.45, 7) is 7.51. The van der Waals surface area contributed by atoms with Crippen LogP contribution in [0, 0.1) is 11.3 Å². The molecular weight excluding hydrogens is 372 g/mol. The fourth-order valence-electron chi connectivity index (χ4n) is 4.74. The van der Waals surface area contributed by atoms with Gasteiger partial charge in [0.25, 0.3) is 0 Å². The van der Waals surface area contributed by atoms with Crippen molar-refractivity contribution in [1.29, 1.82) is 0 Å². The molecule has 2 aliphatic rings. The predicted octanol–water partition coefficient (Wildman–Crippen LogP) is 4.87. The van der Waals surface area contributed by atoms with E-state index in [1.807, 2.05) is 35.2 Å². The molecule has 0 spiro atoms. The lowest BCUT2D eigenvalue weighted by Gasteiger charge is -2.32. The van der Waals surface area contributed by atoms with E-state index < -0.39 is 0 Å². The molecule has 2 aromatic rings. The molecule has 0 unspecified atom stereocenters. The molecule has 0 radical (unpaired) electrons. The molecule has 2 saturated heterocycles. The van der Waals surface area contributed by atoms with Crippen molar-refractivity contribution >= 4 is 23.1 Å². The highest BCUT2D eigenvalue weighted by atomic mass is 16.2. The average Bonchev–Trinajstić information content (AvgIpc) is 3.10. The molecule has 2 heterocycles. The number of Topliss-reactive ketones (excluding diaryl/α,β-unsaturated/α-hetero) is 1. The second-order valence-electron chi connectivity index (χ2n) is 9.59. The van der Waals surface area contributed by atoms with Crippen LogP contribution in [0.3, 0.4) is 0 Å². The monoisotopic (exact) mass is 404 g/mol. The molecule has 30 heavy (non-hydrogen) atoms. The lowest BCUT2D eigenvalue weighted by atomic mass is 9.90. The van der Waals surface area contributed by atoms with E-state index >= 15 is 0 Å². The summed E-state index contributed by atoms with van der Waals surface area (Å²) in [7, 11) is 0. The molecule has 0 bridgehead atoms. The third kappa shape index (κ3) is 4.75. The highest BCUT2D eigenvalue weighted by molar-refractivity contribution is 5.98. The Morgan fingerprint density at radius 2 is 1.70 bits per heavy atom. The van der Waals surface area contributed by atoms with E-state index in [0.717, 1.165) is 43.7 Å². The van der Waals surface area contributed by atoms with Crippen molar-refractivity contribution in [3.63, 3.8) is 0 Å². The van der Waals surface area contributed by atoms with Gasteiger partial charge in [-0.15, -0.1) is 0 Å². The van der Waals surface area contributed by atoms with Crippen LogP contribution in [0.5, 0.6) is 0 Å². The quantitative estimate of drug-likeness (QED) is 0.690. The molecule has 4 nitrogen and oxygen atoms in total. The Morgan fingerprint density at radius 3 is 2.37 bits per heavy atom. The number of carbonyl (C=O) groups excluding carboxylic acids is 2. The molecule has 0 saturated carbocycles. The number of carbonyl (C=O) groups is 2. The summed E-state index contributed by atoms with van der Waals surface area (Å²) in [6.07, 6.45) is 3.70. The molecule has 4 heteroatoms. The Morgan fingerprint density at radius 1 is 1.00 bits per heavy atom. The van der Waals surface area contributed by atoms with E-state index in [2.05, 4.69) is 43.0 Å². The molecule has 1 atom stereocenters. The maximum Gasteiger partial charge on any atom is 0.230 e. The first kappa shape index (κ1) is 20.6. The van der Waals surface area contributed by atoms with Gasteiger partial charge in [-0.25, -0.2) is 0 Å². The van der Waals surface area contributed by atoms with Crippen LogP contribution in [0.15, 0.2) is 54.6 Å². The first-order valence-corrected chi connectivity index (χ1v) is 11.1. The van der Waals surface area contributed by atoms with Gasteiger partial charge in [-0.3, -0.25) is 9.59 Å². The number of benzene rings is 2. The third-order valence-electron chi connectivity index (χ3n) is 6.47. The van der Waals surface area contributed by atoms with Gasteiger partial charge in [-0.05, 0) is 54.5 Å². The van der Waals surface area contributed by atoms with Gasteiger partial charge in [0, 0.05) is 49.8 Å². The topological polar surface area (TPSA) is 40.6 Å². The van der Waals surface area contributed by atoms with Crippen molar-refractivity contribution in [2.24, 2.45) is 11.3 Å². The predicted molar refractivity (Wildman–Crippen MR) is 122 cm³/mol. The molecule has 4 rings (SSSR count). The number of amides is 1. The molecule has 2 fully saturated rings. The van der Waals surface area contributed by atoms with E-state index in [0.29, 0.717) is 18.3 Å². The Kier molecular flexibility index (Phi) is 5.94. The Balaban J connectivity index is 1.38. The van der Waals surface area contributed by atoms with Gasteiger partial charge < -0.3 is 9.80 Å². The Labute approximate surface area is 179 Å². The van der Waals surface area contributed by atoms with Crippen LogP contribution >= 0.6 is 0 Å². The summed E-state index contributed by atoms with van der Waals surface area (Å²) >= 11 is 0. The Bertz CT molecular complexity index is 889. The zero-order valence-electron chi connectivity index (χ0n) is 18.1. The van der Waals surface area contributed by atoms with Crippen LogP contribution in [0.25, 0.3) is 0 Å². The first-order chi connectivity index (χ1) is 14.4. The van der Waals surface area contributed by atoms with Gasteiger partial charge in [-0.1, -0.05) is 44.2 Å². The molecular formula is C26H32N2O2. The van der Waals surface area contributed by atoms with E-state index in [-0.39, 0.29) is 17.6 Å². The SMILES string of the molecule is CC1(C)CCN(c2ccc(N3CCC[C@@H](CC(=O)Cc4ccccc4)C3=O)cc2)C1. The van der Waals surface area contributed by atoms with Crippen molar-refractivity contribution in [3.05, 3.63) is 60.2 Å². The van der Waals surface area contributed by atoms with Crippen LogP contribution in [-0.4, -0.2) is 31.3 Å². The number of ketones is 1. The lowest BCUT2D eigenvalue weighted by Crippen LogP contribution is -2.42. The smallest absolute Gasteiger partial charge is 0.230 e. The summed E-state index contributed by atoms with van der Waals surface area (Å²) in [5.41, 5.74) is 3.55. The fraction of sp³-hybridized carbons (Fsp3) is 0.462. The van der Waals surface area contributed by atoms with Crippen molar-refractivity contribution in [1.82, 2.24) is 0 Å². The second kappa shape index (κ2) is 8.63. The highest BCUT2D eigenvalue weighted by Gasteiger charge is 2.32. The number of rotatable bonds is 6. The molecule has 2 aliphatic heterocycles. The van der Waals surface area contributed by atoms with E-state index in [1.165, 1.54) is 12.1 Å². The van der Waals surface area contributed by atoms with Crippen LogP contribution in [0.4, 0.5) is 11.4 Å². The van der Waals surface area contributed by atoms with E-state index in [1.54, 1.807) is 0 Å². The van der Waals surface area contributed by atoms with Gasteiger partial charge >= 0.3 is 0 Å². The normalized spacial score (nSPS) is 21.1. The van der Waals surface area contributed by atoms with Crippen LogP contribution < -0.4 is 9.80 Å². The van der Waals surface area contributed by atoms with Crippen LogP contribution in [0.1, 0.15) is 45.1 Å². The maximum absolute atomic E-state index is 13.1. The number of hydrogen-bond donors (Lipinski definition) is 0. The van der Waals surface area contributed by atoms with Gasteiger partial charge in [0.05, 0.1) is 0 Å². The number of anilines is 2. The van der Waals surface area contributed by atoms with Crippen molar-refractivity contribution in [2.45, 2.75) is 46.0 Å². The van der Waals surface area contributed by atoms with Crippen molar-refractivity contribution in [3.8, 4) is 0 Å². The summed E-state index contributed by atoms with van der Waals surface area (Å²) in [4.78, 5) is 29.9. The van der Waals surface area contributed by atoms with Crippen LogP contribution in [0.2, 0.25) is 0 Å². The van der Waals surface area contributed by atoms with Gasteiger partial charge in [0.15, 0.2) is 0 Å². The highest BCUT2D eigenvalue weighted by Crippen LogP contribution is 2.34. The lowest BCUT2D eigenvalue weighted by molar-refractivity contribution is -0.128. The fourth-order valence-corrected chi connectivity index (χ4v) is 4.74. The van der Waals surface area contributed by atoms with Crippen molar-refractivity contribution < 1.29 is 9.59 Å². The van der Waals surface area contributed by atoms with Crippen LogP contribution in [-0.2, 0) is 16.0 Å². The third-order valence-corrected chi connectivity index (χ3v) is 6.47. The summed E-state index contributed by atoms with van der Waals surface area (Å²) in [5, 5.41) is 0. The van der Waals surface area contributed by atoms with Gasteiger partial charge in [-0.2, -0.15) is 0 Å². The summed E-state index contributed by atoms with van der Waals surface area (Å²) in [5.74, 6) is 0.0418. The number of nitrogens with zero attached hydrogens (tertiary/aromatic N) is 2. The molecule has 158 valence electrons.